The molecule has 0 saturated heterocycles. The molecule has 4 aromatic rings. The third-order valence-corrected chi connectivity index (χ3v) is 5.12. The van der Waals surface area contributed by atoms with Crippen molar-refractivity contribution in [3.8, 4) is 0 Å². The lowest BCUT2D eigenvalue weighted by molar-refractivity contribution is 0.0958. The van der Waals surface area contributed by atoms with Crippen LogP contribution in [0.2, 0.25) is 0 Å². The van der Waals surface area contributed by atoms with E-state index in [4.69, 9.17) is 0 Å². The van der Waals surface area contributed by atoms with E-state index in [1.165, 1.54) is 11.3 Å². The first-order valence-corrected chi connectivity index (χ1v) is 9.80. The predicted octanol–water partition coefficient (Wildman–Crippen LogP) is 3.41. The molecule has 8 nitrogen and oxygen atoms in total. The van der Waals surface area contributed by atoms with E-state index in [1.807, 2.05) is 47.0 Å². The molecule has 0 aliphatic carbocycles. The van der Waals surface area contributed by atoms with Crippen LogP contribution in [0, 0.1) is 0 Å². The molecule has 29 heavy (non-hydrogen) atoms. The van der Waals surface area contributed by atoms with Gasteiger partial charge in [0.2, 0.25) is 0 Å². The Balaban J connectivity index is 1.28. The van der Waals surface area contributed by atoms with Gasteiger partial charge in [-0.1, -0.05) is 24.3 Å². The van der Waals surface area contributed by atoms with E-state index in [9.17, 15) is 9.59 Å². The van der Waals surface area contributed by atoms with E-state index >= 15 is 0 Å². The molecule has 0 unspecified atom stereocenters. The number of thiophene rings is 1. The number of rotatable bonds is 6. The van der Waals surface area contributed by atoms with Crippen molar-refractivity contribution in [3.63, 3.8) is 0 Å². The highest BCUT2D eigenvalue weighted by Crippen LogP contribution is 2.22. The lowest BCUT2D eigenvalue weighted by Gasteiger charge is -2.05. The van der Waals surface area contributed by atoms with Crippen molar-refractivity contribution in [1.29, 1.82) is 0 Å². The van der Waals surface area contributed by atoms with Crippen LogP contribution in [0.1, 0.15) is 15.5 Å². The molecule has 3 aromatic heterocycles. The van der Waals surface area contributed by atoms with E-state index in [-0.39, 0.29) is 11.9 Å². The molecule has 146 valence electrons. The van der Waals surface area contributed by atoms with Crippen molar-refractivity contribution in [2.45, 2.75) is 6.42 Å². The second kappa shape index (κ2) is 8.53. The van der Waals surface area contributed by atoms with Crippen LogP contribution < -0.4 is 16.0 Å². The summed E-state index contributed by atoms with van der Waals surface area (Å²) in [6, 6.07) is 17.9. The average molecular weight is 406 g/mol. The fourth-order valence-electron chi connectivity index (χ4n) is 2.76. The molecular formula is C20H18N6O2S. The summed E-state index contributed by atoms with van der Waals surface area (Å²) in [5.41, 5.74) is 1.47. The molecule has 3 heterocycles. The standard InChI is InChI=1S/C20H18N6O2S/c27-19(21-12-11-17-25-24-16-8-4-5-13-26(16)17)15-9-10-18(29-15)23-20(28)22-14-6-2-1-3-7-14/h1-10,13H,11-12H2,(H,21,27)(H2,22,23,28). The minimum Gasteiger partial charge on any atom is -0.351 e. The first kappa shape index (κ1) is 18.6. The Bertz CT molecular complexity index is 1140. The Morgan fingerprint density at radius 2 is 1.76 bits per heavy atom. The average Bonchev–Trinajstić information content (AvgIpc) is 3.36. The Kier molecular flexibility index (Phi) is 5.48. The van der Waals surface area contributed by atoms with Crippen LogP contribution in [-0.4, -0.2) is 33.1 Å². The van der Waals surface area contributed by atoms with Gasteiger partial charge in [0.1, 0.15) is 5.82 Å². The number of benzene rings is 1. The molecule has 0 saturated carbocycles. The highest BCUT2D eigenvalue weighted by atomic mass is 32.1. The first-order chi connectivity index (χ1) is 14.2. The zero-order valence-corrected chi connectivity index (χ0v) is 16.1. The maximum absolute atomic E-state index is 12.4. The topological polar surface area (TPSA) is 100 Å². The number of amides is 3. The summed E-state index contributed by atoms with van der Waals surface area (Å²) >= 11 is 1.21. The maximum Gasteiger partial charge on any atom is 0.324 e. The molecule has 0 fully saturated rings. The molecule has 9 heteroatoms. The summed E-state index contributed by atoms with van der Waals surface area (Å²) in [6.45, 7) is 0.434. The van der Waals surface area contributed by atoms with Crippen molar-refractivity contribution in [3.05, 3.63) is 77.6 Å². The number of hydrogen-bond acceptors (Lipinski definition) is 5. The van der Waals surface area contributed by atoms with E-state index in [2.05, 4.69) is 26.1 Å². The van der Waals surface area contributed by atoms with Gasteiger partial charge in [-0.05, 0) is 36.4 Å². The molecule has 1 aromatic carbocycles. The summed E-state index contributed by atoms with van der Waals surface area (Å²) in [4.78, 5) is 24.9. The number of anilines is 2. The fraction of sp³-hybridized carbons (Fsp3) is 0.100. The number of carbonyl (C=O) groups is 2. The molecule has 0 atom stereocenters. The Labute approximate surface area is 170 Å². The van der Waals surface area contributed by atoms with E-state index in [0.29, 0.717) is 28.5 Å². The van der Waals surface area contributed by atoms with Crippen molar-refractivity contribution in [2.75, 3.05) is 17.2 Å². The van der Waals surface area contributed by atoms with Gasteiger partial charge in [-0.2, -0.15) is 0 Å². The number of fused-ring (bicyclic) bond motifs is 1. The van der Waals surface area contributed by atoms with Crippen LogP contribution in [0.25, 0.3) is 5.65 Å². The van der Waals surface area contributed by atoms with Gasteiger partial charge in [-0.3, -0.25) is 14.5 Å². The number of aromatic nitrogens is 3. The van der Waals surface area contributed by atoms with Gasteiger partial charge < -0.3 is 10.6 Å². The maximum atomic E-state index is 12.4. The summed E-state index contributed by atoms with van der Waals surface area (Å²) < 4.78 is 1.89. The molecule has 0 radical (unpaired) electrons. The van der Waals surface area contributed by atoms with Gasteiger partial charge in [0.25, 0.3) is 5.91 Å². The third kappa shape index (κ3) is 4.58. The largest absolute Gasteiger partial charge is 0.351 e. The molecule has 0 spiro atoms. The number of pyridine rings is 1. The second-order valence-corrected chi connectivity index (χ2v) is 7.24. The molecule has 4 rings (SSSR count). The van der Waals surface area contributed by atoms with Gasteiger partial charge in [0.05, 0.1) is 9.88 Å². The number of urea groups is 1. The van der Waals surface area contributed by atoms with Gasteiger partial charge in [-0.15, -0.1) is 21.5 Å². The third-order valence-electron chi connectivity index (χ3n) is 4.12. The molecule has 0 bridgehead atoms. The van der Waals surface area contributed by atoms with Crippen LogP contribution in [-0.2, 0) is 6.42 Å². The SMILES string of the molecule is O=C(Nc1ccccc1)Nc1ccc(C(=O)NCCc2nnc3ccccn23)s1. The van der Waals surface area contributed by atoms with Crippen LogP contribution in [0.3, 0.4) is 0 Å². The summed E-state index contributed by atoms with van der Waals surface area (Å²) in [7, 11) is 0. The van der Waals surface area contributed by atoms with Gasteiger partial charge >= 0.3 is 6.03 Å². The number of nitrogens with zero attached hydrogens (tertiary/aromatic N) is 3. The van der Waals surface area contributed by atoms with Gasteiger partial charge in [-0.25, -0.2) is 4.79 Å². The summed E-state index contributed by atoms with van der Waals surface area (Å²) in [6.07, 6.45) is 2.46. The van der Waals surface area contributed by atoms with E-state index < -0.39 is 0 Å². The molecule has 3 N–H and O–H groups in total. The summed E-state index contributed by atoms with van der Waals surface area (Å²) in [5.74, 6) is 0.590. The van der Waals surface area contributed by atoms with Crippen molar-refractivity contribution >= 4 is 39.6 Å². The van der Waals surface area contributed by atoms with Gasteiger partial charge in [0, 0.05) is 24.8 Å². The van der Waals surface area contributed by atoms with Crippen molar-refractivity contribution in [1.82, 2.24) is 19.9 Å². The Morgan fingerprint density at radius 3 is 2.62 bits per heavy atom. The predicted molar refractivity (Wildman–Crippen MR) is 112 cm³/mol. The zero-order chi connectivity index (χ0) is 20.1. The number of carbonyl (C=O) groups excluding carboxylic acids is 2. The summed E-state index contributed by atoms with van der Waals surface area (Å²) in [5, 5.41) is 17.2. The Hall–Kier alpha value is -3.72. The molecule has 0 aliphatic rings. The van der Waals surface area contributed by atoms with Gasteiger partial charge in [0.15, 0.2) is 5.65 Å². The normalized spacial score (nSPS) is 10.6. The van der Waals surface area contributed by atoms with Crippen molar-refractivity contribution in [2.24, 2.45) is 0 Å². The minimum atomic E-state index is -0.358. The highest BCUT2D eigenvalue weighted by Gasteiger charge is 2.12. The van der Waals surface area contributed by atoms with E-state index in [0.717, 1.165) is 11.5 Å². The lowest BCUT2D eigenvalue weighted by Crippen LogP contribution is -2.25. The van der Waals surface area contributed by atoms with Crippen LogP contribution in [0.4, 0.5) is 15.5 Å². The number of nitrogens with one attached hydrogen (secondary N) is 3. The monoisotopic (exact) mass is 406 g/mol. The molecular weight excluding hydrogens is 388 g/mol. The molecule has 0 aliphatic heterocycles. The number of hydrogen-bond donors (Lipinski definition) is 3. The zero-order valence-electron chi connectivity index (χ0n) is 15.3. The highest BCUT2D eigenvalue weighted by molar-refractivity contribution is 7.18. The number of para-hydroxylation sites is 1. The van der Waals surface area contributed by atoms with Crippen LogP contribution >= 0.6 is 11.3 Å². The smallest absolute Gasteiger partial charge is 0.324 e. The lowest BCUT2D eigenvalue weighted by atomic mass is 10.3. The van der Waals surface area contributed by atoms with Crippen LogP contribution in [0.15, 0.2) is 66.9 Å². The minimum absolute atomic E-state index is 0.194. The quantitative estimate of drug-likeness (QED) is 0.457. The molecule has 3 amide bonds. The van der Waals surface area contributed by atoms with Crippen molar-refractivity contribution < 1.29 is 9.59 Å². The van der Waals surface area contributed by atoms with E-state index in [1.54, 1.807) is 24.3 Å². The first-order valence-electron chi connectivity index (χ1n) is 8.99. The Morgan fingerprint density at radius 1 is 0.931 bits per heavy atom. The fourth-order valence-corrected chi connectivity index (χ4v) is 3.58. The second-order valence-electron chi connectivity index (χ2n) is 6.16. The van der Waals surface area contributed by atoms with Crippen LogP contribution in [0.5, 0.6) is 0 Å².